The third kappa shape index (κ3) is 16.3. The van der Waals surface area contributed by atoms with Gasteiger partial charge >= 0.3 is 7.60 Å². The number of fused-ring (bicyclic) bond motifs is 1. The highest BCUT2D eigenvalue weighted by Gasteiger charge is 2.26. The second kappa shape index (κ2) is 23.7. The largest absolute Gasteiger partial charge is 0.379 e. The first-order valence-corrected chi connectivity index (χ1v) is 20.0. The van der Waals surface area contributed by atoms with E-state index in [1.165, 1.54) is 102 Å². The molecule has 0 amide bonds. The number of rotatable bonds is 29. The van der Waals surface area contributed by atoms with Crippen LogP contribution in [0.3, 0.4) is 0 Å². The molecule has 0 aliphatic carbocycles. The molecule has 0 saturated carbocycles. The highest BCUT2D eigenvalue weighted by molar-refractivity contribution is 7.53. The highest BCUT2D eigenvalue weighted by atomic mass is 31.2. The van der Waals surface area contributed by atoms with Gasteiger partial charge in [-0.25, -0.2) is 9.37 Å². The minimum absolute atomic E-state index is 0.0176. The SMILES string of the molecule is CCCCCCCCCCCCCCCCCCOCCOP(=O)(COCCn1cnc2c(=O)[nH]c(N)nc21)OCc1ccc(C)c(F)c1. The van der Waals surface area contributed by atoms with Crippen LogP contribution >= 0.6 is 7.60 Å². The predicted octanol–water partition coefficient (Wildman–Crippen LogP) is 8.83. The van der Waals surface area contributed by atoms with Gasteiger partial charge in [-0.3, -0.25) is 14.3 Å². The molecule has 0 spiro atoms. The first-order valence-electron chi connectivity index (χ1n) is 18.3. The number of nitrogens with two attached hydrogens (primary N) is 1. The Morgan fingerprint density at radius 3 is 2.10 bits per heavy atom. The molecule has 0 saturated heterocycles. The fourth-order valence-electron chi connectivity index (χ4n) is 5.57. The molecule has 1 atom stereocenters. The van der Waals surface area contributed by atoms with Crippen molar-refractivity contribution in [1.82, 2.24) is 19.5 Å². The van der Waals surface area contributed by atoms with E-state index in [1.54, 1.807) is 23.6 Å². The third-order valence-corrected chi connectivity index (χ3v) is 10.1. The molecule has 3 aromatic rings. The minimum atomic E-state index is -3.72. The van der Waals surface area contributed by atoms with E-state index in [9.17, 15) is 13.8 Å². The van der Waals surface area contributed by atoms with Crippen LogP contribution in [0.5, 0.6) is 0 Å². The molecular formula is C36H59FN5O6P. The smallest absolute Gasteiger partial charge is 0.356 e. The number of nitrogens with one attached hydrogen (secondary N) is 1. The van der Waals surface area contributed by atoms with Crippen molar-refractivity contribution in [2.75, 3.05) is 38.5 Å². The molecule has 0 fully saturated rings. The zero-order chi connectivity index (χ0) is 35.2. The van der Waals surface area contributed by atoms with Crippen LogP contribution in [0.25, 0.3) is 11.2 Å². The van der Waals surface area contributed by atoms with Crippen molar-refractivity contribution in [2.24, 2.45) is 0 Å². The van der Waals surface area contributed by atoms with E-state index < -0.39 is 13.2 Å². The molecule has 11 nitrogen and oxygen atoms in total. The number of hydrogen-bond donors (Lipinski definition) is 2. The van der Waals surface area contributed by atoms with Gasteiger partial charge in [0.15, 0.2) is 11.2 Å². The van der Waals surface area contributed by atoms with Crippen molar-refractivity contribution in [2.45, 2.75) is 130 Å². The summed E-state index contributed by atoms with van der Waals surface area (Å²) in [6.07, 6.45) is 22.2. The predicted molar refractivity (Wildman–Crippen MR) is 193 cm³/mol. The van der Waals surface area contributed by atoms with Gasteiger partial charge in [0, 0.05) is 13.2 Å². The lowest BCUT2D eigenvalue weighted by atomic mass is 10.0. The Kier molecular flexibility index (Phi) is 19.7. The van der Waals surface area contributed by atoms with Crippen LogP contribution in [0, 0.1) is 12.7 Å². The molecule has 1 aromatic carbocycles. The first-order chi connectivity index (χ1) is 23.8. The number of hydrogen-bond acceptors (Lipinski definition) is 9. The number of aromatic nitrogens is 4. The lowest BCUT2D eigenvalue weighted by Crippen LogP contribution is -2.14. The molecule has 0 bridgehead atoms. The summed E-state index contributed by atoms with van der Waals surface area (Å²) in [5.41, 5.74) is 6.76. The summed E-state index contributed by atoms with van der Waals surface area (Å²) in [7, 11) is -3.72. The van der Waals surface area contributed by atoms with Gasteiger partial charge in [-0.1, -0.05) is 115 Å². The fourth-order valence-corrected chi connectivity index (χ4v) is 6.85. The molecule has 2 heterocycles. The van der Waals surface area contributed by atoms with E-state index in [4.69, 9.17) is 24.3 Å². The number of benzene rings is 1. The van der Waals surface area contributed by atoms with E-state index in [1.807, 2.05) is 0 Å². The maximum atomic E-state index is 14.1. The number of aryl methyl sites for hydroxylation is 1. The van der Waals surface area contributed by atoms with Gasteiger partial charge in [0.25, 0.3) is 5.56 Å². The summed E-state index contributed by atoms with van der Waals surface area (Å²) in [4.78, 5) is 22.6. The summed E-state index contributed by atoms with van der Waals surface area (Å²) < 4.78 is 52.0. The zero-order valence-electron chi connectivity index (χ0n) is 29.8. The molecule has 49 heavy (non-hydrogen) atoms. The molecule has 2 aromatic heterocycles. The summed E-state index contributed by atoms with van der Waals surface area (Å²) in [6, 6.07) is 4.71. The number of anilines is 1. The number of unbranched alkanes of at least 4 members (excludes halogenated alkanes) is 15. The van der Waals surface area contributed by atoms with Crippen molar-refractivity contribution in [3.63, 3.8) is 0 Å². The summed E-state index contributed by atoms with van der Waals surface area (Å²) >= 11 is 0. The number of nitrogen functional groups attached to an aromatic ring is 1. The second-order valence-electron chi connectivity index (χ2n) is 12.8. The number of H-pyrrole nitrogens is 1. The maximum absolute atomic E-state index is 14.1. The van der Waals surface area contributed by atoms with Crippen LogP contribution in [0.2, 0.25) is 0 Å². The number of halogens is 1. The van der Waals surface area contributed by atoms with Crippen LogP contribution in [-0.4, -0.2) is 52.3 Å². The van der Waals surface area contributed by atoms with Gasteiger partial charge < -0.3 is 28.8 Å². The molecular weight excluding hydrogens is 648 g/mol. The molecule has 276 valence electrons. The number of ether oxygens (including phenoxy) is 2. The van der Waals surface area contributed by atoms with Crippen LogP contribution in [0.4, 0.5) is 10.3 Å². The average Bonchev–Trinajstić information content (AvgIpc) is 3.49. The Bertz CT molecular complexity index is 1450. The lowest BCUT2D eigenvalue weighted by Gasteiger charge is -2.19. The van der Waals surface area contributed by atoms with E-state index in [0.717, 1.165) is 12.8 Å². The molecule has 0 radical (unpaired) electrons. The van der Waals surface area contributed by atoms with Gasteiger partial charge in [-0.2, -0.15) is 4.98 Å². The van der Waals surface area contributed by atoms with Crippen molar-refractivity contribution in [3.8, 4) is 0 Å². The Hall–Kier alpha value is -2.63. The van der Waals surface area contributed by atoms with Gasteiger partial charge in [0.05, 0.1) is 32.8 Å². The number of aromatic amines is 1. The maximum Gasteiger partial charge on any atom is 0.356 e. The third-order valence-electron chi connectivity index (χ3n) is 8.54. The molecule has 3 rings (SSSR count). The summed E-state index contributed by atoms with van der Waals surface area (Å²) in [5.74, 6) is -0.382. The van der Waals surface area contributed by atoms with E-state index in [2.05, 4.69) is 21.9 Å². The van der Waals surface area contributed by atoms with Crippen molar-refractivity contribution in [1.29, 1.82) is 0 Å². The van der Waals surface area contributed by atoms with E-state index in [0.29, 0.717) is 23.4 Å². The van der Waals surface area contributed by atoms with Gasteiger partial charge in [0.2, 0.25) is 5.95 Å². The summed E-state index contributed by atoms with van der Waals surface area (Å²) in [5, 5.41) is 0. The van der Waals surface area contributed by atoms with Gasteiger partial charge in [-0.05, 0) is 30.5 Å². The summed E-state index contributed by atoms with van der Waals surface area (Å²) in [6.45, 7) is 5.19. The van der Waals surface area contributed by atoms with Crippen LogP contribution < -0.4 is 11.3 Å². The molecule has 0 aliphatic heterocycles. The highest BCUT2D eigenvalue weighted by Crippen LogP contribution is 2.49. The minimum Gasteiger partial charge on any atom is -0.379 e. The quantitative estimate of drug-likeness (QED) is 0.0534. The lowest BCUT2D eigenvalue weighted by molar-refractivity contribution is 0.0756. The molecule has 13 heteroatoms. The number of nitrogens with zero attached hydrogens (tertiary/aromatic N) is 3. The zero-order valence-corrected chi connectivity index (χ0v) is 30.7. The van der Waals surface area contributed by atoms with E-state index >= 15 is 0 Å². The van der Waals surface area contributed by atoms with Crippen molar-refractivity contribution < 1.29 is 27.5 Å². The Morgan fingerprint density at radius 2 is 1.47 bits per heavy atom. The average molecular weight is 708 g/mol. The molecule has 1 unspecified atom stereocenters. The van der Waals surface area contributed by atoms with Crippen molar-refractivity contribution in [3.05, 3.63) is 51.8 Å². The van der Waals surface area contributed by atoms with Gasteiger partial charge in [0.1, 0.15) is 12.2 Å². The molecule has 3 N–H and O–H groups in total. The Labute approximate surface area is 291 Å². The van der Waals surface area contributed by atoms with Crippen LogP contribution in [0.1, 0.15) is 121 Å². The monoisotopic (exact) mass is 707 g/mol. The van der Waals surface area contributed by atoms with Gasteiger partial charge in [-0.15, -0.1) is 0 Å². The number of imidazole rings is 1. The standard InChI is InChI=1S/C36H59FN5O6P/c1-3-4-5-6-7-8-9-10-11-12-13-14-15-16-17-18-22-45-24-25-47-49(44,48-27-31-20-19-30(2)32(37)26-31)29-46-23-21-42-28-39-33-34(42)40-36(38)41-35(33)43/h19-20,26,28H,3-18,21-25,27,29H2,1-2H3,(H3,38,40,41,43). The fraction of sp³-hybridized carbons (Fsp3) is 0.694. The van der Waals surface area contributed by atoms with Crippen LogP contribution in [0.15, 0.2) is 29.3 Å². The van der Waals surface area contributed by atoms with Crippen molar-refractivity contribution >= 4 is 24.7 Å². The topological polar surface area (TPSA) is 144 Å². The molecule has 0 aliphatic rings. The van der Waals surface area contributed by atoms with E-state index in [-0.39, 0.29) is 56.6 Å². The normalized spacial score (nSPS) is 13.0. The van der Waals surface area contributed by atoms with Crippen LogP contribution in [-0.2, 0) is 36.2 Å². The second-order valence-corrected chi connectivity index (χ2v) is 14.8. The first kappa shape index (κ1) is 40.8. The Balaban J connectivity index is 1.28. The Morgan fingerprint density at radius 1 is 0.837 bits per heavy atom.